The number of fused-ring (bicyclic) bond motifs is 2. The zero-order chi connectivity index (χ0) is 24.5. The standard InChI is InChI=1S/C25H24N6O3S/c1-2-29-15-19(23(33)34)21(32)18-14-26-24(28-22(18)29)30-10-12-31(13-11-30)25(35)27-20-9-5-7-16-6-3-4-8-17(16)20/h3-9,14-15H,2,10-13H2,1H3,(H,27,35)(H,33,34). The monoisotopic (exact) mass is 488 g/mol. The largest absolute Gasteiger partial charge is 0.477 e. The highest BCUT2D eigenvalue weighted by Crippen LogP contribution is 2.24. The number of piperazine rings is 1. The fourth-order valence-electron chi connectivity index (χ4n) is 4.35. The summed E-state index contributed by atoms with van der Waals surface area (Å²) < 4.78 is 1.67. The number of aromatic nitrogens is 3. The van der Waals surface area contributed by atoms with E-state index in [4.69, 9.17) is 12.2 Å². The van der Waals surface area contributed by atoms with Gasteiger partial charge in [0.15, 0.2) is 5.11 Å². The number of nitrogens with zero attached hydrogens (tertiary/aromatic N) is 5. The number of aryl methyl sites for hydroxylation is 1. The molecule has 4 aromatic rings. The lowest BCUT2D eigenvalue weighted by atomic mass is 10.1. The van der Waals surface area contributed by atoms with Gasteiger partial charge in [-0.15, -0.1) is 0 Å². The van der Waals surface area contributed by atoms with Crippen LogP contribution in [0.3, 0.4) is 0 Å². The minimum Gasteiger partial charge on any atom is -0.477 e. The Labute approximate surface area is 206 Å². The van der Waals surface area contributed by atoms with Crippen LogP contribution in [0.25, 0.3) is 21.8 Å². The second-order valence-electron chi connectivity index (χ2n) is 8.30. The maximum Gasteiger partial charge on any atom is 0.341 e. The Bertz CT molecular complexity index is 1510. The predicted molar refractivity (Wildman–Crippen MR) is 140 cm³/mol. The Morgan fingerprint density at radius 2 is 1.83 bits per heavy atom. The van der Waals surface area contributed by atoms with Crippen LogP contribution in [0.1, 0.15) is 17.3 Å². The third-order valence-corrected chi connectivity index (χ3v) is 6.61. The lowest BCUT2D eigenvalue weighted by molar-refractivity contribution is 0.0695. The van der Waals surface area contributed by atoms with Gasteiger partial charge < -0.3 is 24.8 Å². The highest BCUT2D eigenvalue weighted by molar-refractivity contribution is 7.80. The van der Waals surface area contributed by atoms with Crippen molar-refractivity contribution in [1.29, 1.82) is 0 Å². The van der Waals surface area contributed by atoms with Gasteiger partial charge in [-0.05, 0) is 30.6 Å². The predicted octanol–water partition coefficient (Wildman–Crippen LogP) is 3.18. The van der Waals surface area contributed by atoms with E-state index < -0.39 is 11.4 Å². The molecule has 0 spiro atoms. The van der Waals surface area contributed by atoms with Crippen LogP contribution >= 0.6 is 12.2 Å². The van der Waals surface area contributed by atoms with Crippen molar-refractivity contribution in [2.24, 2.45) is 0 Å². The third kappa shape index (κ3) is 4.28. The van der Waals surface area contributed by atoms with Crippen molar-refractivity contribution in [2.45, 2.75) is 13.5 Å². The molecule has 1 aliphatic heterocycles. The maximum absolute atomic E-state index is 12.6. The number of benzene rings is 2. The molecule has 0 radical (unpaired) electrons. The first-order valence-corrected chi connectivity index (χ1v) is 11.8. The first-order chi connectivity index (χ1) is 17.0. The molecule has 3 heterocycles. The summed E-state index contributed by atoms with van der Waals surface area (Å²) in [6.45, 7) is 5.06. The lowest BCUT2D eigenvalue weighted by Crippen LogP contribution is -2.50. The second-order valence-corrected chi connectivity index (χ2v) is 8.69. The number of nitrogens with one attached hydrogen (secondary N) is 1. The quantitative estimate of drug-likeness (QED) is 0.419. The van der Waals surface area contributed by atoms with Crippen molar-refractivity contribution in [3.63, 3.8) is 0 Å². The molecule has 2 N–H and O–H groups in total. The van der Waals surface area contributed by atoms with E-state index in [0.717, 1.165) is 16.5 Å². The van der Waals surface area contributed by atoms with Gasteiger partial charge in [0.2, 0.25) is 11.4 Å². The third-order valence-electron chi connectivity index (χ3n) is 6.25. The van der Waals surface area contributed by atoms with Crippen LogP contribution in [0.4, 0.5) is 11.6 Å². The van der Waals surface area contributed by atoms with E-state index in [0.29, 0.717) is 49.4 Å². The van der Waals surface area contributed by atoms with Crippen molar-refractivity contribution in [3.05, 3.63) is 70.6 Å². The van der Waals surface area contributed by atoms with Crippen molar-refractivity contribution in [2.75, 3.05) is 36.4 Å². The summed E-state index contributed by atoms with van der Waals surface area (Å²) in [6, 6.07) is 14.3. The molecule has 1 aliphatic rings. The van der Waals surface area contributed by atoms with Gasteiger partial charge in [0.25, 0.3) is 0 Å². The molecule has 5 rings (SSSR count). The molecule has 1 saturated heterocycles. The number of carbonyl (C=O) groups is 1. The molecule has 0 atom stereocenters. The van der Waals surface area contributed by atoms with Crippen molar-refractivity contribution < 1.29 is 9.90 Å². The fraction of sp³-hybridized carbons (Fsp3) is 0.240. The van der Waals surface area contributed by atoms with Gasteiger partial charge in [-0.3, -0.25) is 4.79 Å². The zero-order valence-corrected chi connectivity index (χ0v) is 20.0. The number of hydrogen-bond donors (Lipinski definition) is 2. The fourth-order valence-corrected chi connectivity index (χ4v) is 4.64. The van der Waals surface area contributed by atoms with Crippen LogP contribution in [0.2, 0.25) is 0 Å². The minimum atomic E-state index is -1.26. The van der Waals surface area contributed by atoms with Crippen molar-refractivity contribution in [3.8, 4) is 0 Å². The first-order valence-electron chi connectivity index (χ1n) is 11.4. The summed E-state index contributed by atoms with van der Waals surface area (Å²) in [5.74, 6) is -0.748. The molecule has 0 amide bonds. The van der Waals surface area contributed by atoms with Gasteiger partial charge in [0.05, 0.1) is 5.39 Å². The Kier molecular flexibility index (Phi) is 6.04. The van der Waals surface area contributed by atoms with Gasteiger partial charge >= 0.3 is 5.97 Å². The number of pyridine rings is 1. The number of thiocarbonyl (C=S) groups is 1. The molecule has 0 saturated carbocycles. The van der Waals surface area contributed by atoms with Gasteiger partial charge in [0.1, 0.15) is 11.2 Å². The van der Waals surface area contributed by atoms with E-state index in [1.54, 1.807) is 4.57 Å². The van der Waals surface area contributed by atoms with Gasteiger partial charge in [0, 0.05) is 56.2 Å². The Morgan fingerprint density at radius 1 is 1.09 bits per heavy atom. The van der Waals surface area contributed by atoms with Crippen LogP contribution in [-0.4, -0.2) is 61.8 Å². The zero-order valence-electron chi connectivity index (χ0n) is 19.1. The number of carboxylic acid groups (broad SMARTS) is 1. The van der Waals surface area contributed by atoms with Crippen LogP contribution in [0, 0.1) is 0 Å². The van der Waals surface area contributed by atoms with E-state index in [1.165, 1.54) is 12.4 Å². The second kappa shape index (κ2) is 9.30. The topological polar surface area (TPSA) is 104 Å². The Balaban J connectivity index is 1.32. The normalized spacial score (nSPS) is 13.9. The molecule has 1 fully saturated rings. The maximum atomic E-state index is 12.6. The summed E-state index contributed by atoms with van der Waals surface area (Å²) in [5.41, 5.74) is 0.560. The summed E-state index contributed by atoms with van der Waals surface area (Å²) in [6.07, 6.45) is 2.77. The molecular weight excluding hydrogens is 464 g/mol. The molecule has 2 aromatic carbocycles. The molecule has 35 heavy (non-hydrogen) atoms. The number of hydrogen-bond acceptors (Lipinski definition) is 6. The molecule has 2 aromatic heterocycles. The van der Waals surface area contributed by atoms with Crippen LogP contribution in [0.15, 0.2) is 59.7 Å². The summed E-state index contributed by atoms with van der Waals surface area (Å²) in [4.78, 5) is 37.2. The van der Waals surface area contributed by atoms with Gasteiger partial charge in [-0.25, -0.2) is 9.78 Å². The highest BCUT2D eigenvalue weighted by atomic mass is 32.1. The van der Waals surface area contributed by atoms with E-state index in [-0.39, 0.29) is 10.9 Å². The Morgan fingerprint density at radius 3 is 2.57 bits per heavy atom. The first kappa shape index (κ1) is 22.7. The summed E-state index contributed by atoms with van der Waals surface area (Å²) in [7, 11) is 0. The molecule has 0 bridgehead atoms. The smallest absolute Gasteiger partial charge is 0.341 e. The molecular formula is C25H24N6O3S. The molecule has 10 heteroatoms. The Hall–Kier alpha value is -4.05. The van der Waals surface area contributed by atoms with Gasteiger partial charge in [-0.2, -0.15) is 4.98 Å². The average molecular weight is 489 g/mol. The number of anilines is 2. The van der Waals surface area contributed by atoms with Gasteiger partial charge in [-0.1, -0.05) is 36.4 Å². The van der Waals surface area contributed by atoms with E-state index >= 15 is 0 Å². The van der Waals surface area contributed by atoms with Crippen molar-refractivity contribution >= 4 is 56.7 Å². The van der Waals surface area contributed by atoms with Crippen LogP contribution in [0.5, 0.6) is 0 Å². The number of carboxylic acids is 1. The molecule has 0 unspecified atom stereocenters. The summed E-state index contributed by atoms with van der Waals surface area (Å²) in [5, 5.41) is 15.9. The lowest BCUT2D eigenvalue weighted by Gasteiger charge is -2.36. The average Bonchev–Trinajstić information content (AvgIpc) is 2.89. The molecule has 0 aliphatic carbocycles. The highest BCUT2D eigenvalue weighted by Gasteiger charge is 2.23. The number of aromatic carboxylic acids is 1. The van der Waals surface area contributed by atoms with Crippen LogP contribution < -0.4 is 15.6 Å². The van der Waals surface area contributed by atoms with E-state index in [2.05, 4.69) is 38.4 Å². The summed E-state index contributed by atoms with van der Waals surface area (Å²) >= 11 is 5.70. The molecule has 9 nitrogen and oxygen atoms in total. The number of rotatable bonds is 4. The van der Waals surface area contributed by atoms with Crippen molar-refractivity contribution in [1.82, 2.24) is 19.4 Å². The molecule has 178 valence electrons. The van der Waals surface area contributed by atoms with Crippen LogP contribution in [-0.2, 0) is 6.54 Å². The van der Waals surface area contributed by atoms with E-state index in [9.17, 15) is 14.7 Å². The SMILES string of the molecule is CCn1cc(C(=O)O)c(=O)c2cnc(N3CCN(C(=S)Nc4cccc5ccccc45)CC3)nc21. The van der Waals surface area contributed by atoms with E-state index in [1.807, 2.05) is 36.1 Å². The minimum absolute atomic E-state index is 0.203.